The molecular formula is C20H28FN3O4. The van der Waals surface area contributed by atoms with Gasteiger partial charge in [0.15, 0.2) is 0 Å². The summed E-state index contributed by atoms with van der Waals surface area (Å²) >= 11 is 0. The van der Waals surface area contributed by atoms with Crippen LogP contribution in [0, 0.1) is 11.7 Å². The van der Waals surface area contributed by atoms with Gasteiger partial charge in [-0.05, 0) is 12.0 Å². The number of nitrogens with one attached hydrogen (secondary N) is 1. The van der Waals surface area contributed by atoms with Crippen LogP contribution in [0.25, 0.3) is 0 Å². The molecule has 0 saturated carbocycles. The number of nitrogens with zero attached hydrogens (tertiary/aromatic N) is 2. The van der Waals surface area contributed by atoms with Gasteiger partial charge in [0.2, 0.25) is 17.7 Å². The van der Waals surface area contributed by atoms with Crippen LogP contribution in [0.5, 0.6) is 0 Å². The van der Waals surface area contributed by atoms with Crippen LogP contribution >= 0.6 is 0 Å². The molecule has 1 aliphatic rings. The molecule has 1 saturated heterocycles. The minimum atomic E-state index is -0.453. The molecule has 0 aliphatic carbocycles. The lowest BCUT2D eigenvalue weighted by Crippen LogP contribution is -2.44. The van der Waals surface area contributed by atoms with Crippen LogP contribution in [0.1, 0.15) is 26.3 Å². The van der Waals surface area contributed by atoms with Gasteiger partial charge < -0.3 is 19.9 Å². The smallest absolute Gasteiger partial charge is 0.242 e. The highest BCUT2D eigenvalue weighted by atomic mass is 19.1. The van der Waals surface area contributed by atoms with E-state index in [4.69, 9.17) is 4.74 Å². The van der Waals surface area contributed by atoms with Crippen molar-refractivity contribution < 1.29 is 23.5 Å². The number of hydrogen-bond donors (Lipinski definition) is 1. The molecule has 8 heteroatoms. The topological polar surface area (TPSA) is 79.0 Å². The highest BCUT2D eigenvalue weighted by Crippen LogP contribution is 2.14. The zero-order chi connectivity index (χ0) is 20.7. The van der Waals surface area contributed by atoms with Crippen LogP contribution < -0.4 is 5.32 Å². The third kappa shape index (κ3) is 6.60. The number of carbonyl (C=O) groups excluding carboxylic acids is 3. The maximum Gasteiger partial charge on any atom is 0.242 e. The van der Waals surface area contributed by atoms with Crippen molar-refractivity contribution in [3.05, 3.63) is 35.6 Å². The molecule has 1 aromatic rings. The summed E-state index contributed by atoms with van der Waals surface area (Å²) in [5, 5.41) is 2.46. The lowest BCUT2D eigenvalue weighted by Gasteiger charge is -2.26. The maximum absolute atomic E-state index is 13.9. The van der Waals surface area contributed by atoms with E-state index in [0.717, 1.165) is 0 Å². The molecule has 154 valence electrons. The molecule has 7 nitrogen and oxygen atoms in total. The van der Waals surface area contributed by atoms with Crippen molar-refractivity contribution in [3.63, 3.8) is 0 Å². The number of ether oxygens (including phenoxy) is 1. The van der Waals surface area contributed by atoms with E-state index in [1.54, 1.807) is 23.1 Å². The molecular weight excluding hydrogens is 365 g/mol. The Bertz CT molecular complexity index is 710. The normalized spacial score (nSPS) is 17.6. The number of halogens is 1. The Hall–Kier alpha value is -2.48. The Morgan fingerprint density at radius 2 is 2.00 bits per heavy atom. The summed E-state index contributed by atoms with van der Waals surface area (Å²) in [6, 6.07) is 6.34. The number of amides is 3. The highest BCUT2D eigenvalue weighted by molar-refractivity contribution is 5.88. The highest BCUT2D eigenvalue weighted by Gasteiger charge is 2.31. The lowest BCUT2D eigenvalue weighted by atomic mass is 10.2. The van der Waals surface area contributed by atoms with Crippen molar-refractivity contribution in [2.24, 2.45) is 5.92 Å². The Morgan fingerprint density at radius 3 is 2.64 bits per heavy atom. The quantitative estimate of drug-likeness (QED) is 0.754. The Labute approximate surface area is 164 Å². The van der Waals surface area contributed by atoms with Crippen molar-refractivity contribution in [1.29, 1.82) is 0 Å². The molecule has 2 rings (SSSR count). The van der Waals surface area contributed by atoms with Crippen LogP contribution in [0.3, 0.4) is 0 Å². The van der Waals surface area contributed by atoms with Gasteiger partial charge >= 0.3 is 0 Å². The first-order valence-electron chi connectivity index (χ1n) is 9.41. The number of rotatable bonds is 7. The van der Waals surface area contributed by atoms with Gasteiger partial charge in [-0.3, -0.25) is 14.4 Å². The summed E-state index contributed by atoms with van der Waals surface area (Å²) in [5.74, 6) is -0.929. The van der Waals surface area contributed by atoms with Gasteiger partial charge in [0.25, 0.3) is 0 Å². The largest absolute Gasteiger partial charge is 0.370 e. The van der Waals surface area contributed by atoms with Crippen molar-refractivity contribution in [1.82, 2.24) is 15.1 Å². The summed E-state index contributed by atoms with van der Waals surface area (Å²) in [5.41, 5.74) is 0.421. The van der Waals surface area contributed by atoms with Gasteiger partial charge in [0.05, 0.1) is 25.8 Å². The van der Waals surface area contributed by atoms with Crippen LogP contribution in [0.15, 0.2) is 24.3 Å². The SMILES string of the molecule is CC(=O)NCC(=O)N1CC(=O)N(CC(C)C)C[C@@H](OCc2ccccc2F)C1. The van der Waals surface area contributed by atoms with Gasteiger partial charge in [-0.1, -0.05) is 32.0 Å². The van der Waals surface area contributed by atoms with Gasteiger partial charge in [-0.25, -0.2) is 4.39 Å². The van der Waals surface area contributed by atoms with E-state index in [2.05, 4.69) is 5.32 Å². The minimum absolute atomic E-state index is 0.0504. The molecule has 1 aliphatic heterocycles. The number of carbonyl (C=O) groups is 3. The number of benzene rings is 1. The van der Waals surface area contributed by atoms with E-state index >= 15 is 0 Å². The van der Waals surface area contributed by atoms with Crippen LogP contribution in [0.4, 0.5) is 4.39 Å². The first-order chi connectivity index (χ1) is 13.3. The van der Waals surface area contributed by atoms with E-state index in [0.29, 0.717) is 18.7 Å². The van der Waals surface area contributed by atoms with Crippen LogP contribution in [-0.2, 0) is 25.7 Å². The van der Waals surface area contributed by atoms with Gasteiger partial charge in [-0.2, -0.15) is 0 Å². The predicted octanol–water partition coefficient (Wildman–Crippen LogP) is 1.17. The Balaban J connectivity index is 2.10. The summed E-state index contributed by atoms with van der Waals surface area (Å²) in [6.07, 6.45) is -0.453. The van der Waals surface area contributed by atoms with Crippen LogP contribution in [-0.4, -0.2) is 66.3 Å². The second-order valence-corrected chi connectivity index (χ2v) is 7.40. The molecule has 28 heavy (non-hydrogen) atoms. The summed E-state index contributed by atoms with van der Waals surface area (Å²) < 4.78 is 19.7. The molecule has 0 unspecified atom stereocenters. The standard InChI is InChI=1S/C20H28FN3O4/c1-14(2)9-23-10-17(28-13-16-6-4-5-7-18(16)21)11-24(12-20(23)27)19(26)8-22-15(3)25/h4-7,14,17H,8-13H2,1-3H3,(H,22,25)/t17-/m1/s1. The maximum atomic E-state index is 13.9. The van der Waals surface area contributed by atoms with Crippen LogP contribution in [0.2, 0.25) is 0 Å². The van der Waals surface area contributed by atoms with Gasteiger partial charge in [0, 0.05) is 32.1 Å². The van der Waals surface area contributed by atoms with Crippen molar-refractivity contribution in [3.8, 4) is 0 Å². The van der Waals surface area contributed by atoms with E-state index in [9.17, 15) is 18.8 Å². The monoisotopic (exact) mass is 393 g/mol. The zero-order valence-corrected chi connectivity index (χ0v) is 16.6. The fourth-order valence-electron chi connectivity index (χ4n) is 3.03. The molecule has 1 fully saturated rings. The summed E-state index contributed by atoms with van der Waals surface area (Å²) in [4.78, 5) is 39.2. The Kier molecular flexibility index (Phi) is 7.92. The molecule has 0 bridgehead atoms. The second-order valence-electron chi connectivity index (χ2n) is 7.40. The van der Waals surface area contributed by atoms with E-state index in [1.165, 1.54) is 17.9 Å². The average molecular weight is 393 g/mol. The minimum Gasteiger partial charge on any atom is -0.370 e. The first kappa shape index (κ1) is 21.8. The fourth-order valence-corrected chi connectivity index (χ4v) is 3.03. The molecule has 3 amide bonds. The van der Waals surface area contributed by atoms with E-state index < -0.39 is 6.10 Å². The molecule has 1 atom stereocenters. The second kappa shape index (κ2) is 10.2. The summed E-state index contributed by atoms with van der Waals surface area (Å²) in [6.45, 7) is 6.23. The summed E-state index contributed by atoms with van der Waals surface area (Å²) in [7, 11) is 0. The van der Waals surface area contributed by atoms with Gasteiger partial charge in [0.1, 0.15) is 5.82 Å². The average Bonchev–Trinajstić information content (AvgIpc) is 2.78. The van der Waals surface area contributed by atoms with Crippen molar-refractivity contribution in [2.75, 3.05) is 32.7 Å². The molecule has 1 N–H and O–H groups in total. The molecule has 1 aromatic carbocycles. The number of hydrogen-bond acceptors (Lipinski definition) is 4. The predicted molar refractivity (Wildman–Crippen MR) is 102 cm³/mol. The third-order valence-corrected chi connectivity index (χ3v) is 4.39. The van der Waals surface area contributed by atoms with Gasteiger partial charge in [-0.15, -0.1) is 0 Å². The first-order valence-corrected chi connectivity index (χ1v) is 9.41. The Morgan fingerprint density at radius 1 is 1.29 bits per heavy atom. The van der Waals surface area contributed by atoms with E-state index in [-0.39, 0.29) is 55.7 Å². The molecule has 0 spiro atoms. The fraction of sp³-hybridized carbons (Fsp3) is 0.550. The molecule has 0 radical (unpaired) electrons. The lowest BCUT2D eigenvalue weighted by molar-refractivity contribution is -0.139. The zero-order valence-electron chi connectivity index (χ0n) is 16.6. The third-order valence-electron chi connectivity index (χ3n) is 4.39. The molecule has 0 aromatic heterocycles. The van der Waals surface area contributed by atoms with Crippen molar-refractivity contribution in [2.45, 2.75) is 33.5 Å². The van der Waals surface area contributed by atoms with E-state index in [1.807, 2.05) is 13.8 Å². The van der Waals surface area contributed by atoms with Crippen molar-refractivity contribution >= 4 is 17.7 Å². The molecule has 1 heterocycles.